The van der Waals surface area contributed by atoms with Gasteiger partial charge in [0.2, 0.25) is 0 Å². The van der Waals surface area contributed by atoms with E-state index in [-0.39, 0.29) is 5.72 Å². The molecule has 1 saturated heterocycles. The second-order valence-electron chi connectivity index (χ2n) is 3.34. The quantitative estimate of drug-likeness (QED) is 0.632. The summed E-state index contributed by atoms with van der Waals surface area (Å²) in [4.78, 5) is 0. The van der Waals surface area contributed by atoms with Crippen LogP contribution in [0.15, 0.2) is 0 Å². The Morgan fingerprint density at radius 3 is 2.80 bits per heavy atom. The third-order valence-electron chi connectivity index (χ3n) is 1.93. The monoisotopic (exact) mass is 143 g/mol. The third-order valence-corrected chi connectivity index (χ3v) is 1.93. The number of hydrogen-bond acceptors (Lipinski definition) is 2. The molecule has 0 spiro atoms. The average Bonchev–Trinajstić information content (AvgIpc) is 2.12. The van der Waals surface area contributed by atoms with Gasteiger partial charge in [0.05, 0.1) is 6.61 Å². The zero-order valence-electron chi connectivity index (χ0n) is 7.11. The summed E-state index contributed by atoms with van der Waals surface area (Å²) in [6.07, 6.45) is 2.29. The first-order valence-electron chi connectivity index (χ1n) is 4.08. The Bertz CT molecular complexity index is 112. The molecule has 2 nitrogen and oxygen atoms in total. The fourth-order valence-electron chi connectivity index (χ4n) is 1.53. The number of nitrogens with one attached hydrogen (secondary N) is 1. The summed E-state index contributed by atoms with van der Waals surface area (Å²) in [5, 5.41) is 3.41. The molecule has 1 fully saturated rings. The van der Waals surface area contributed by atoms with Crippen LogP contribution in [0.2, 0.25) is 0 Å². The molecular formula is C8H17NO. The Kier molecular flexibility index (Phi) is 2.32. The van der Waals surface area contributed by atoms with Crippen molar-refractivity contribution in [2.45, 2.75) is 45.4 Å². The minimum Gasteiger partial charge on any atom is -0.359 e. The van der Waals surface area contributed by atoms with Gasteiger partial charge in [-0.3, -0.25) is 5.32 Å². The van der Waals surface area contributed by atoms with E-state index in [4.69, 9.17) is 4.74 Å². The highest BCUT2D eigenvalue weighted by Crippen LogP contribution is 2.20. The normalized spacial score (nSPS) is 40.5. The molecule has 1 aliphatic heterocycles. The second kappa shape index (κ2) is 2.89. The lowest BCUT2D eigenvalue weighted by molar-refractivity contribution is -0.00110. The molecule has 2 atom stereocenters. The molecule has 0 aliphatic carbocycles. The maximum Gasteiger partial charge on any atom is 0.116 e. The van der Waals surface area contributed by atoms with Crippen molar-refractivity contribution in [2.24, 2.45) is 0 Å². The Balaban J connectivity index is 2.38. The lowest BCUT2D eigenvalue weighted by Crippen LogP contribution is -2.40. The van der Waals surface area contributed by atoms with E-state index in [9.17, 15) is 0 Å². The van der Waals surface area contributed by atoms with Crippen LogP contribution in [0.25, 0.3) is 0 Å². The zero-order chi connectivity index (χ0) is 7.61. The number of ether oxygens (including phenoxy) is 1. The third kappa shape index (κ3) is 1.70. The van der Waals surface area contributed by atoms with Crippen LogP contribution in [-0.4, -0.2) is 18.4 Å². The van der Waals surface area contributed by atoms with Gasteiger partial charge in [0, 0.05) is 6.04 Å². The van der Waals surface area contributed by atoms with Crippen molar-refractivity contribution in [1.82, 2.24) is 5.32 Å². The van der Waals surface area contributed by atoms with Crippen LogP contribution < -0.4 is 5.32 Å². The molecule has 0 aromatic heterocycles. The molecule has 10 heavy (non-hydrogen) atoms. The second-order valence-corrected chi connectivity index (χ2v) is 3.34. The summed E-state index contributed by atoms with van der Waals surface area (Å²) in [7, 11) is 0. The summed E-state index contributed by atoms with van der Waals surface area (Å²) in [6, 6.07) is 0.525. The topological polar surface area (TPSA) is 21.3 Å². The van der Waals surface area contributed by atoms with Crippen LogP contribution in [-0.2, 0) is 4.74 Å². The highest BCUT2D eigenvalue weighted by atomic mass is 16.5. The van der Waals surface area contributed by atoms with Gasteiger partial charge in [-0.15, -0.1) is 0 Å². The van der Waals surface area contributed by atoms with E-state index < -0.39 is 0 Å². The molecule has 2 unspecified atom stereocenters. The van der Waals surface area contributed by atoms with Crippen LogP contribution in [0.5, 0.6) is 0 Å². The summed E-state index contributed by atoms with van der Waals surface area (Å²) < 4.78 is 5.58. The van der Waals surface area contributed by atoms with Gasteiger partial charge in [-0.1, -0.05) is 13.3 Å². The van der Waals surface area contributed by atoms with Crippen molar-refractivity contribution in [3.8, 4) is 0 Å². The van der Waals surface area contributed by atoms with E-state index in [1.54, 1.807) is 0 Å². The summed E-state index contributed by atoms with van der Waals surface area (Å²) in [5.41, 5.74) is -0.0336. The molecule has 1 heterocycles. The molecule has 60 valence electrons. The predicted molar refractivity (Wildman–Crippen MR) is 41.9 cm³/mol. The smallest absolute Gasteiger partial charge is 0.116 e. The minimum atomic E-state index is -0.0336. The molecule has 0 bridgehead atoms. The van der Waals surface area contributed by atoms with Crippen molar-refractivity contribution < 1.29 is 4.74 Å². The van der Waals surface area contributed by atoms with E-state index >= 15 is 0 Å². The van der Waals surface area contributed by atoms with Crippen LogP contribution in [0.1, 0.15) is 33.6 Å². The van der Waals surface area contributed by atoms with Gasteiger partial charge in [-0.05, 0) is 20.3 Å². The van der Waals surface area contributed by atoms with Gasteiger partial charge in [0.1, 0.15) is 5.72 Å². The van der Waals surface area contributed by atoms with Gasteiger partial charge >= 0.3 is 0 Å². The van der Waals surface area contributed by atoms with Gasteiger partial charge in [-0.2, -0.15) is 0 Å². The van der Waals surface area contributed by atoms with E-state index in [1.807, 2.05) is 0 Å². The maximum atomic E-state index is 5.58. The Morgan fingerprint density at radius 2 is 2.40 bits per heavy atom. The van der Waals surface area contributed by atoms with Crippen molar-refractivity contribution in [2.75, 3.05) is 6.61 Å². The Hall–Kier alpha value is -0.0800. The van der Waals surface area contributed by atoms with Crippen LogP contribution in [0, 0.1) is 0 Å². The van der Waals surface area contributed by atoms with E-state index in [0.717, 1.165) is 13.0 Å². The van der Waals surface area contributed by atoms with Gasteiger partial charge in [-0.25, -0.2) is 0 Å². The van der Waals surface area contributed by atoms with Crippen LogP contribution in [0.3, 0.4) is 0 Å². The summed E-state index contributed by atoms with van der Waals surface area (Å²) in [6.45, 7) is 7.32. The molecule has 0 amide bonds. The van der Waals surface area contributed by atoms with Crippen molar-refractivity contribution in [3.05, 3.63) is 0 Å². The average molecular weight is 143 g/mol. The predicted octanol–water partition coefficient (Wildman–Crippen LogP) is 1.51. The molecule has 0 aromatic carbocycles. The molecule has 1 N–H and O–H groups in total. The Morgan fingerprint density at radius 1 is 1.70 bits per heavy atom. The highest BCUT2D eigenvalue weighted by molar-refractivity contribution is 4.82. The van der Waals surface area contributed by atoms with Gasteiger partial charge in [0.25, 0.3) is 0 Å². The largest absolute Gasteiger partial charge is 0.359 e. The molecule has 2 heteroatoms. The maximum absolute atomic E-state index is 5.58. The lowest BCUT2D eigenvalue weighted by Gasteiger charge is -2.22. The molecule has 0 aromatic rings. The van der Waals surface area contributed by atoms with Gasteiger partial charge in [0.15, 0.2) is 0 Å². The first-order chi connectivity index (χ1) is 4.66. The van der Waals surface area contributed by atoms with Gasteiger partial charge < -0.3 is 4.74 Å². The van der Waals surface area contributed by atoms with Crippen LogP contribution >= 0.6 is 0 Å². The molecule has 1 rings (SSSR count). The SMILES string of the molecule is CCCC1(C)NC(C)CO1. The van der Waals surface area contributed by atoms with Crippen LogP contribution in [0.4, 0.5) is 0 Å². The zero-order valence-corrected chi connectivity index (χ0v) is 7.11. The summed E-state index contributed by atoms with van der Waals surface area (Å²) >= 11 is 0. The molecule has 0 radical (unpaired) electrons. The van der Waals surface area contributed by atoms with Crippen molar-refractivity contribution in [1.29, 1.82) is 0 Å². The number of hydrogen-bond donors (Lipinski definition) is 1. The Labute approximate surface area is 63.0 Å². The molecule has 0 saturated carbocycles. The first kappa shape index (κ1) is 8.02. The standard InChI is InChI=1S/C8H17NO/c1-4-5-8(3)9-7(2)6-10-8/h7,9H,4-6H2,1-3H3. The van der Waals surface area contributed by atoms with E-state index in [0.29, 0.717) is 6.04 Å². The summed E-state index contributed by atoms with van der Waals surface area (Å²) in [5.74, 6) is 0. The molecule has 1 aliphatic rings. The lowest BCUT2D eigenvalue weighted by atomic mass is 10.1. The van der Waals surface area contributed by atoms with Crippen molar-refractivity contribution in [3.63, 3.8) is 0 Å². The minimum absolute atomic E-state index is 0.0336. The van der Waals surface area contributed by atoms with E-state index in [1.165, 1.54) is 6.42 Å². The van der Waals surface area contributed by atoms with E-state index in [2.05, 4.69) is 26.1 Å². The molecular weight excluding hydrogens is 126 g/mol. The fraction of sp³-hybridized carbons (Fsp3) is 1.00. The fourth-order valence-corrected chi connectivity index (χ4v) is 1.53. The first-order valence-corrected chi connectivity index (χ1v) is 4.08. The number of rotatable bonds is 2. The van der Waals surface area contributed by atoms with Crippen molar-refractivity contribution >= 4 is 0 Å². The highest BCUT2D eigenvalue weighted by Gasteiger charge is 2.31.